The molecule has 0 aromatic heterocycles. The zero-order valence-corrected chi connectivity index (χ0v) is 9.06. The molecular weight excluding hydrogens is 156 g/mol. The smallest absolute Gasteiger partial charge is 0.0276 e. The lowest BCUT2D eigenvalue weighted by atomic mass is 9.99. The first kappa shape index (κ1) is 10.3. The van der Waals surface area contributed by atoms with Crippen LogP contribution in [0.15, 0.2) is 18.2 Å². The van der Waals surface area contributed by atoms with Crippen LogP contribution in [0.2, 0.25) is 0 Å². The van der Waals surface area contributed by atoms with Crippen molar-refractivity contribution in [1.29, 1.82) is 0 Å². The molecule has 0 aliphatic carbocycles. The van der Waals surface area contributed by atoms with Gasteiger partial charge in [0.15, 0.2) is 0 Å². The van der Waals surface area contributed by atoms with Gasteiger partial charge in [0.05, 0.1) is 0 Å². The van der Waals surface area contributed by atoms with Crippen molar-refractivity contribution >= 4 is 0 Å². The molecule has 0 amide bonds. The maximum absolute atomic E-state index is 2.37. The van der Waals surface area contributed by atoms with E-state index in [1.165, 1.54) is 30.4 Å². The number of unbranched alkanes of at least 4 members (excludes halogenated alkanes) is 1. The van der Waals surface area contributed by atoms with Crippen LogP contribution in [0.5, 0.6) is 0 Å². The van der Waals surface area contributed by atoms with Crippen LogP contribution in [0, 0.1) is 6.92 Å². The van der Waals surface area contributed by atoms with Crippen molar-refractivity contribution in [1.82, 2.24) is 0 Å². The normalized spacial score (nSPS) is 10.4. The highest BCUT2D eigenvalue weighted by Gasteiger charge is 1.98. The van der Waals surface area contributed by atoms with Crippen molar-refractivity contribution in [2.24, 2.45) is 0 Å². The fourth-order valence-corrected chi connectivity index (χ4v) is 1.58. The van der Waals surface area contributed by atoms with Crippen LogP contribution < -0.4 is 0 Å². The molecule has 0 heteroatoms. The highest BCUT2D eigenvalue weighted by atomic mass is 14.0. The summed E-state index contributed by atoms with van der Waals surface area (Å²) in [5.41, 5.74) is 4.46. The first-order valence-electron chi connectivity index (χ1n) is 5.36. The van der Waals surface area contributed by atoms with Crippen molar-refractivity contribution in [3.8, 4) is 0 Å². The van der Waals surface area contributed by atoms with Crippen molar-refractivity contribution in [2.75, 3.05) is 0 Å². The molecule has 0 N–H and O–H groups in total. The highest BCUT2D eigenvalue weighted by molar-refractivity contribution is 5.31. The van der Waals surface area contributed by atoms with Gasteiger partial charge in [-0.15, -0.1) is 0 Å². The van der Waals surface area contributed by atoms with Gasteiger partial charge >= 0.3 is 0 Å². The molecule has 1 aromatic carbocycles. The second-order valence-corrected chi connectivity index (χ2v) is 3.72. The largest absolute Gasteiger partial charge is 0.0654 e. The van der Waals surface area contributed by atoms with E-state index >= 15 is 0 Å². The molecule has 0 fully saturated rings. The molecule has 0 spiro atoms. The summed E-state index contributed by atoms with van der Waals surface area (Å²) in [6.45, 7) is 6.68. The van der Waals surface area contributed by atoms with E-state index in [2.05, 4.69) is 39.0 Å². The Hall–Kier alpha value is -0.780. The van der Waals surface area contributed by atoms with Gasteiger partial charge in [-0.05, 0) is 42.9 Å². The summed E-state index contributed by atoms with van der Waals surface area (Å²) in [7, 11) is 0. The molecule has 0 heterocycles. The van der Waals surface area contributed by atoms with Crippen LogP contribution in [-0.2, 0) is 12.8 Å². The van der Waals surface area contributed by atoms with Gasteiger partial charge in [-0.2, -0.15) is 0 Å². The van der Waals surface area contributed by atoms with Gasteiger partial charge in [-0.3, -0.25) is 0 Å². The van der Waals surface area contributed by atoms with E-state index in [1.54, 1.807) is 5.56 Å². The molecule has 0 unspecified atom stereocenters. The summed E-state index contributed by atoms with van der Waals surface area (Å²) >= 11 is 0. The van der Waals surface area contributed by atoms with Gasteiger partial charge in [0.1, 0.15) is 0 Å². The summed E-state index contributed by atoms with van der Waals surface area (Å²) in [4.78, 5) is 0. The minimum atomic E-state index is 1.15. The van der Waals surface area contributed by atoms with Gasteiger partial charge in [-0.1, -0.05) is 38.5 Å². The topological polar surface area (TPSA) is 0 Å². The summed E-state index contributed by atoms with van der Waals surface area (Å²) in [6.07, 6.45) is 5.00. The minimum absolute atomic E-state index is 1.15. The quantitative estimate of drug-likeness (QED) is 0.652. The lowest BCUT2D eigenvalue weighted by molar-refractivity contribution is 0.790. The summed E-state index contributed by atoms with van der Waals surface area (Å²) < 4.78 is 0. The molecule has 1 aromatic rings. The molecular formula is C13H20. The average Bonchev–Trinajstić information content (AvgIpc) is 2.17. The third kappa shape index (κ3) is 2.87. The molecule has 0 atom stereocenters. The molecule has 0 saturated heterocycles. The van der Waals surface area contributed by atoms with E-state index in [1.807, 2.05) is 0 Å². The zero-order valence-electron chi connectivity index (χ0n) is 9.06. The summed E-state index contributed by atoms with van der Waals surface area (Å²) in [5, 5.41) is 0. The Morgan fingerprint density at radius 3 is 2.54 bits per heavy atom. The van der Waals surface area contributed by atoms with Crippen LogP contribution in [-0.4, -0.2) is 0 Å². The minimum Gasteiger partial charge on any atom is -0.0654 e. The van der Waals surface area contributed by atoms with Crippen molar-refractivity contribution in [3.63, 3.8) is 0 Å². The van der Waals surface area contributed by atoms with Crippen LogP contribution in [0.4, 0.5) is 0 Å². The van der Waals surface area contributed by atoms with E-state index in [-0.39, 0.29) is 0 Å². The number of benzene rings is 1. The predicted molar refractivity (Wildman–Crippen MR) is 59.2 cm³/mol. The zero-order chi connectivity index (χ0) is 9.68. The fourth-order valence-electron chi connectivity index (χ4n) is 1.58. The molecule has 0 saturated carbocycles. The fraction of sp³-hybridized carbons (Fsp3) is 0.538. The second kappa shape index (κ2) is 5.06. The van der Waals surface area contributed by atoms with Gasteiger partial charge < -0.3 is 0 Å². The lowest BCUT2D eigenvalue weighted by Crippen LogP contribution is -1.91. The van der Waals surface area contributed by atoms with Gasteiger partial charge in [-0.25, -0.2) is 0 Å². The Balaban J connectivity index is 2.78. The van der Waals surface area contributed by atoms with Crippen molar-refractivity contribution in [2.45, 2.75) is 46.5 Å². The van der Waals surface area contributed by atoms with E-state index in [0.29, 0.717) is 0 Å². The number of rotatable bonds is 4. The lowest BCUT2D eigenvalue weighted by Gasteiger charge is -2.06. The maximum atomic E-state index is 2.37. The van der Waals surface area contributed by atoms with Crippen LogP contribution in [0.3, 0.4) is 0 Å². The first-order valence-corrected chi connectivity index (χ1v) is 5.36. The Bertz CT molecular complexity index is 261. The maximum Gasteiger partial charge on any atom is -0.0276 e. The van der Waals surface area contributed by atoms with Crippen molar-refractivity contribution < 1.29 is 0 Å². The van der Waals surface area contributed by atoms with Crippen LogP contribution >= 0.6 is 0 Å². The molecule has 1 rings (SSSR count). The standard InChI is InChI=1S/C13H20/c1-4-6-7-13-10-12(5-2)9-8-11(13)3/h8-10H,4-7H2,1-3H3. The van der Waals surface area contributed by atoms with Crippen LogP contribution in [0.1, 0.15) is 43.4 Å². The monoisotopic (exact) mass is 176 g/mol. The Morgan fingerprint density at radius 1 is 1.15 bits per heavy atom. The SMILES string of the molecule is CCCCc1cc(CC)ccc1C. The third-order valence-corrected chi connectivity index (χ3v) is 2.62. The Labute approximate surface area is 82.0 Å². The molecule has 0 nitrogen and oxygen atoms in total. The molecule has 0 aliphatic rings. The second-order valence-electron chi connectivity index (χ2n) is 3.72. The average molecular weight is 176 g/mol. The van der Waals surface area contributed by atoms with E-state index in [0.717, 1.165) is 6.42 Å². The number of hydrogen-bond donors (Lipinski definition) is 0. The van der Waals surface area contributed by atoms with Crippen LogP contribution in [0.25, 0.3) is 0 Å². The van der Waals surface area contributed by atoms with Crippen molar-refractivity contribution in [3.05, 3.63) is 34.9 Å². The van der Waals surface area contributed by atoms with Gasteiger partial charge in [0.25, 0.3) is 0 Å². The Morgan fingerprint density at radius 2 is 1.92 bits per heavy atom. The van der Waals surface area contributed by atoms with Gasteiger partial charge in [0.2, 0.25) is 0 Å². The van der Waals surface area contributed by atoms with E-state index < -0.39 is 0 Å². The van der Waals surface area contributed by atoms with Gasteiger partial charge in [0, 0.05) is 0 Å². The number of aryl methyl sites for hydroxylation is 3. The number of hydrogen-bond acceptors (Lipinski definition) is 0. The summed E-state index contributed by atoms with van der Waals surface area (Å²) in [6, 6.07) is 6.86. The Kier molecular flexibility index (Phi) is 4.01. The summed E-state index contributed by atoms with van der Waals surface area (Å²) in [5.74, 6) is 0. The first-order chi connectivity index (χ1) is 6.27. The molecule has 72 valence electrons. The molecule has 13 heavy (non-hydrogen) atoms. The molecule has 0 radical (unpaired) electrons. The van der Waals surface area contributed by atoms with E-state index in [4.69, 9.17) is 0 Å². The third-order valence-electron chi connectivity index (χ3n) is 2.62. The molecule has 0 bridgehead atoms. The van der Waals surface area contributed by atoms with E-state index in [9.17, 15) is 0 Å². The highest BCUT2D eigenvalue weighted by Crippen LogP contribution is 2.14. The molecule has 0 aliphatic heterocycles. The predicted octanol–water partition coefficient (Wildman–Crippen LogP) is 3.90.